The molecule has 2 heterocycles. The summed E-state index contributed by atoms with van der Waals surface area (Å²) in [6, 6.07) is 0. The van der Waals surface area contributed by atoms with Crippen molar-refractivity contribution >= 4 is 21.6 Å². The van der Waals surface area contributed by atoms with Gasteiger partial charge in [0.25, 0.3) is 5.56 Å². The van der Waals surface area contributed by atoms with Gasteiger partial charge < -0.3 is 10.1 Å². The molecule has 110 valence electrons. The van der Waals surface area contributed by atoms with Crippen molar-refractivity contribution in [3.63, 3.8) is 0 Å². The van der Waals surface area contributed by atoms with Gasteiger partial charge in [-0.15, -0.1) is 6.58 Å². The Balaban J connectivity index is 2.08. The Morgan fingerprint density at radius 3 is 2.95 bits per heavy atom. The van der Waals surface area contributed by atoms with E-state index in [9.17, 15) is 4.79 Å². The summed E-state index contributed by atoms with van der Waals surface area (Å²) in [5.74, 6) is 0. The van der Waals surface area contributed by atoms with Gasteiger partial charge in [-0.25, -0.2) is 4.68 Å². The molecular formula is C14H20BrN3O2. The van der Waals surface area contributed by atoms with Crippen LogP contribution in [0.4, 0.5) is 5.69 Å². The Morgan fingerprint density at radius 1 is 1.60 bits per heavy atom. The van der Waals surface area contributed by atoms with Crippen molar-refractivity contribution in [2.45, 2.75) is 26.3 Å². The summed E-state index contributed by atoms with van der Waals surface area (Å²) in [5, 5.41) is 7.46. The summed E-state index contributed by atoms with van der Waals surface area (Å²) in [6.07, 6.45) is 5.38. The Bertz CT molecular complexity index is 536. The fraction of sp³-hybridized carbons (Fsp3) is 0.571. The number of nitrogens with zero attached hydrogens (tertiary/aromatic N) is 2. The van der Waals surface area contributed by atoms with Crippen molar-refractivity contribution in [3.05, 3.63) is 33.7 Å². The summed E-state index contributed by atoms with van der Waals surface area (Å²) in [5.41, 5.74) is 0.795. The van der Waals surface area contributed by atoms with E-state index < -0.39 is 0 Å². The fourth-order valence-corrected chi connectivity index (χ4v) is 2.64. The molecule has 1 saturated heterocycles. The van der Waals surface area contributed by atoms with E-state index in [1.807, 2.05) is 0 Å². The number of aromatic nitrogens is 2. The van der Waals surface area contributed by atoms with Gasteiger partial charge in [-0.1, -0.05) is 13.0 Å². The third-order valence-corrected chi connectivity index (χ3v) is 4.46. The van der Waals surface area contributed by atoms with Gasteiger partial charge in [-0.05, 0) is 34.2 Å². The van der Waals surface area contributed by atoms with Crippen LogP contribution in [0.15, 0.2) is 28.1 Å². The van der Waals surface area contributed by atoms with Gasteiger partial charge in [-0.3, -0.25) is 4.79 Å². The van der Waals surface area contributed by atoms with Crippen LogP contribution in [0, 0.1) is 5.41 Å². The van der Waals surface area contributed by atoms with E-state index in [4.69, 9.17) is 4.74 Å². The number of ether oxygens (including phenoxy) is 1. The molecule has 1 aliphatic rings. The molecule has 0 spiro atoms. The molecule has 0 unspecified atom stereocenters. The van der Waals surface area contributed by atoms with Crippen LogP contribution in [0.3, 0.4) is 0 Å². The first-order chi connectivity index (χ1) is 9.56. The molecule has 0 atom stereocenters. The molecule has 5 nitrogen and oxygen atoms in total. The largest absolute Gasteiger partial charge is 0.382 e. The highest BCUT2D eigenvalue weighted by molar-refractivity contribution is 9.10. The SMILES string of the molecule is C=CCn1ncc(NCC2(C)CCOCC2)c(Br)c1=O. The van der Waals surface area contributed by atoms with Crippen LogP contribution in [0.1, 0.15) is 19.8 Å². The average molecular weight is 342 g/mol. The van der Waals surface area contributed by atoms with E-state index in [1.165, 1.54) is 4.68 Å². The maximum Gasteiger partial charge on any atom is 0.283 e. The number of halogens is 1. The summed E-state index contributed by atoms with van der Waals surface area (Å²) in [4.78, 5) is 12.1. The minimum atomic E-state index is -0.146. The monoisotopic (exact) mass is 341 g/mol. The molecule has 0 saturated carbocycles. The fourth-order valence-electron chi connectivity index (χ4n) is 2.19. The minimum absolute atomic E-state index is 0.146. The van der Waals surface area contributed by atoms with Crippen molar-refractivity contribution < 1.29 is 4.74 Å². The van der Waals surface area contributed by atoms with Crippen LogP contribution in [0.5, 0.6) is 0 Å². The van der Waals surface area contributed by atoms with E-state index in [-0.39, 0.29) is 11.0 Å². The van der Waals surface area contributed by atoms with E-state index in [1.54, 1.807) is 12.3 Å². The Morgan fingerprint density at radius 2 is 2.30 bits per heavy atom. The molecule has 1 fully saturated rings. The lowest BCUT2D eigenvalue weighted by molar-refractivity contribution is 0.0300. The zero-order chi connectivity index (χ0) is 14.6. The summed E-state index contributed by atoms with van der Waals surface area (Å²) in [7, 11) is 0. The zero-order valence-electron chi connectivity index (χ0n) is 11.7. The van der Waals surface area contributed by atoms with Crippen LogP contribution >= 0.6 is 15.9 Å². The summed E-state index contributed by atoms with van der Waals surface area (Å²) < 4.78 is 7.28. The normalized spacial score (nSPS) is 17.7. The maximum absolute atomic E-state index is 12.1. The number of hydrogen-bond donors (Lipinski definition) is 1. The number of anilines is 1. The zero-order valence-corrected chi connectivity index (χ0v) is 13.3. The molecule has 6 heteroatoms. The Kier molecular flexibility index (Phi) is 4.99. The second-order valence-corrected chi connectivity index (χ2v) is 6.22. The number of rotatable bonds is 5. The highest BCUT2D eigenvalue weighted by Gasteiger charge is 2.27. The van der Waals surface area contributed by atoms with Crippen LogP contribution < -0.4 is 10.9 Å². The lowest BCUT2D eigenvalue weighted by Crippen LogP contribution is -2.34. The summed E-state index contributed by atoms with van der Waals surface area (Å²) >= 11 is 3.35. The first-order valence-electron chi connectivity index (χ1n) is 6.74. The van der Waals surface area contributed by atoms with E-state index in [2.05, 4.69) is 39.8 Å². The first-order valence-corrected chi connectivity index (χ1v) is 7.53. The van der Waals surface area contributed by atoms with Gasteiger partial charge in [0.15, 0.2) is 0 Å². The van der Waals surface area contributed by atoms with E-state index >= 15 is 0 Å². The molecule has 1 N–H and O–H groups in total. The quantitative estimate of drug-likeness (QED) is 0.835. The molecule has 0 radical (unpaired) electrons. The van der Waals surface area contributed by atoms with Crippen LogP contribution in [0.25, 0.3) is 0 Å². The topological polar surface area (TPSA) is 56.1 Å². The van der Waals surface area contributed by atoms with Gasteiger partial charge in [-0.2, -0.15) is 5.10 Å². The molecule has 0 amide bonds. The average Bonchev–Trinajstić information content (AvgIpc) is 2.44. The van der Waals surface area contributed by atoms with Gasteiger partial charge in [0, 0.05) is 19.8 Å². The molecule has 0 aromatic carbocycles. The first kappa shape index (κ1) is 15.3. The molecular weight excluding hydrogens is 322 g/mol. The predicted octanol–water partition coefficient (Wildman–Crippen LogP) is 2.42. The third-order valence-electron chi connectivity index (χ3n) is 3.69. The molecule has 0 bridgehead atoms. The molecule has 1 aromatic heterocycles. The predicted molar refractivity (Wildman–Crippen MR) is 83.0 cm³/mol. The van der Waals surface area contributed by atoms with Crippen molar-refractivity contribution in [1.29, 1.82) is 0 Å². The maximum atomic E-state index is 12.1. The number of allylic oxidation sites excluding steroid dienone is 1. The van der Waals surface area contributed by atoms with Crippen LogP contribution in [-0.2, 0) is 11.3 Å². The van der Waals surface area contributed by atoms with E-state index in [0.29, 0.717) is 11.0 Å². The van der Waals surface area contributed by atoms with E-state index in [0.717, 1.165) is 38.3 Å². The van der Waals surface area contributed by atoms with Gasteiger partial charge in [0.05, 0.1) is 18.4 Å². The Labute approximate surface area is 127 Å². The van der Waals surface area contributed by atoms with Crippen LogP contribution in [0.2, 0.25) is 0 Å². The number of hydrogen-bond acceptors (Lipinski definition) is 4. The molecule has 0 aliphatic carbocycles. The highest BCUT2D eigenvalue weighted by Crippen LogP contribution is 2.30. The number of nitrogens with one attached hydrogen (secondary N) is 1. The van der Waals surface area contributed by atoms with Crippen molar-refractivity contribution in [3.8, 4) is 0 Å². The van der Waals surface area contributed by atoms with Gasteiger partial charge in [0.1, 0.15) is 4.47 Å². The third kappa shape index (κ3) is 3.49. The lowest BCUT2D eigenvalue weighted by atomic mass is 9.82. The highest BCUT2D eigenvalue weighted by atomic mass is 79.9. The van der Waals surface area contributed by atoms with Gasteiger partial charge in [0.2, 0.25) is 0 Å². The molecule has 20 heavy (non-hydrogen) atoms. The smallest absolute Gasteiger partial charge is 0.283 e. The van der Waals surface area contributed by atoms with Crippen molar-refractivity contribution in [2.75, 3.05) is 25.1 Å². The minimum Gasteiger partial charge on any atom is -0.382 e. The molecule has 1 aromatic rings. The van der Waals surface area contributed by atoms with Gasteiger partial charge >= 0.3 is 0 Å². The van der Waals surface area contributed by atoms with Crippen molar-refractivity contribution in [2.24, 2.45) is 5.41 Å². The Hall–Kier alpha value is -1.14. The summed E-state index contributed by atoms with van der Waals surface area (Å²) in [6.45, 7) is 8.68. The van der Waals surface area contributed by atoms with Crippen LogP contribution in [-0.4, -0.2) is 29.5 Å². The molecule has 1 aliphatic heterocycles. The lowest BCUT2D eigenvalue weighted by Gasteiger charge is -2.34. The standard InChI is InChI=1S/C14H20BrN3O2/c1-3-6-18-13(19)12(15)11(9-17-18)16-10-14(2)4-7-20-8-5-14/h3,9,16H,1,4-8,10H2,2H3. The second-order valence-electron chi connectivity index (χ2n) is 5.42. The molecule has 2 rings (SSSR count). The van der Waals surface area contributed by atoms with Crippen molar-refractivity contribution in [1.82, 2.24) is 9.78 Å². The second kappa shape index (κ2) is 6.54.